The summed E-state index contributed by atoms with van der Waals surface area (Å²) in [5.41, 5.74) is 4.34. The van der Waals surface area contributed by atoms with Gasteiger partial charge in [-0.1, -0.05) is 20.3 Å². The number of nitrogens with one attached hydrogen (secondary N) is 1. The highest BCUT2D eigenvalue weighted by molar-refractivity contribution is 6.05. The van der Waals surface area contributed by atoms with Crippen LogP contribution in [0.2, 0.25) is 0 Å². The minimum absolute atomic E-state index is 0.0139. The Morgan fingerprint density at radius 3 is 2.46 bits per heavy atom. The lowest BCUT2D eigenvalue weighted by molar-refractivity contribution is 0.0980. The van der Waals surface area contributed by atoms with E-state index in [0.29, 0.717) is 25.9 Å². The van der Waals surface area contributed by atoms with Crippen molar-refractivity contribution >= 4 is 17.4 Å². The number of nitrogens with two attached hydrogens (primary N) is 1. The molecule has 2 rings (SSSR count). The van der Waals surface area contributed by atoms with Gasteiger partial charge in [0.1, 0.15) is 11.5 Å². The van der Waals surface area contributed by atoms with Gasteiger partial charge in [0.25, 0.3) is 17.0 Å². The third kappa shape index (κ3) is 4.21. The van der Waals surface area contributed by atoms with Crippen molar-refractivity contribution in [3.63, 3.8) is 0 Å². The van der Waals surface area contributed by atoms with E-state index in [0.717, 1.165) is 6.42 Å². The number of unbranched alkanes of at least 4 members (excludes halogenated alkanes) is 1. The predicted octanol–water partition coefficient (Wildman–Crippen LogP) is 0.552. The van der Waals surface area contributed by atoms with Crippen LogP contribution in [0.15, 0.2) is 26.5 Å². The van der Waals surface area contributed by atoms with E-state index in [2.05, 4.69) is 10.1 Å². The number of H-pyrrole nitrogens is 1. The molecule has 28 heavy (non-hydrogen) atoms. The molecule has 0 radical (unpaired) electrons. The summed E-state index contributed by atoms with van der Waals surface area (Å²) in [4.78, 5) is 52.8. The van der Waals surface area contributed by atoms with Gasteiger partial charge in [0.15, 0.2) is 5.69 Å². The largest absolute Gasteiger partial charge is 0.383 e. The number of hydrogen-bond donors (Lipinski definition) is 2. The summed E-state index contributed by atoms with van der Waals surface area (Å²) in [6, 6.07) is 2.58. The zero-order valence-corrected chi connectivity index (χ0v) is 16.4. The van der Waals surface area contributed by atoms with E-state index in [1.807, 2.05) is 13.8 Å². The summed E-state index contributed by atoms with van der Waals surface area (Å²) in [6.45, 7) is 6.37. The zero-order valence-electron chi connectivity index (χ0n) is 16.4. The highest BCUT2D eigenvalue weighted by Gasteiger charge is 2.25. The lowest BCUT2D eigenvalue weighted by Crippen LogP contribution is -2.42. The number of carbonyl (C=O) groups is 1. The average Bonchev–Trinajstić information content (AvgIpc) is 2.66. The van der Waals surface area contributed by atoms with Gasteiger partial charge in [-0.3, -0.25) is 28.8 Å². The Bertz CT molecular complexity index is 1020. The minimum Gasteiger partial charge on any atom is -0.383 e. The fraction of sp³-hybridized carbons (Fsp3) is 0.500. The van der Waals surface area contributed by atoms with Crippen LogP contribution in [-0.4, -0.2) is 31.8 Å². The molecule has 0 aromatic carbocycles. The van der Waals surface area contributed by atoms with Crippen LogP contribution < -0.4 is 27.4 Å². The van der Waals surface area contributed by atoms with Crippen LogP contribution in [0.4, 0.5) is 11.5 Å². The third-order valence-electron chi connectivity index (χ3n) is 4.30. The van der Waals surface area contributed by atoms with Gasteiger partial charge in [-0.15, -0.1) is 0 Å². The number of aromatic amines is 1. The number of aromatic nitrogens is 4. The van der Waals surface area contributed by atoms with Crippen molar-refractivity contribution < 1.29 is 4.79 Å². The van der Waals surface area contributed by atoms with Gasteiger partial charge < -0.3 is 5.73 Å². The lowest BCUT2D eigenvalue weighted by atomic mass is 10.2. The highest BCUT2D eigenvalue weighted by atomic mass is 16.2. The molecule has 0 fully saturated rings. The molecule has 0 bridgehead atoms. The second-order valence-corrected chi connectivity index (χ2v) is 6.33. The summed E-state index contributed by atoms with van der Waals surface area (Å²) in [6.07, 6.45) is 2.20. The molecular weight excluding hydrogens is 364 g/mol. The quantitative estimate of drug-likeness (QED) is 0.675. The Morgan fingerprint density at radius 1 is 1.14 bits per heavy atom. The molecule has 0 aliphatic carbocycles. The van der Waals surface area contributed by atoms with Crippen molar-refractivity contribution in [1.29, 1.82) is 0 Å². The second-order valence-electron chi connectivity index (χ2n) is 6.33. The highest BCUT2D eigenvalue weighted by Crippen LogP contribution is 2.18. The van der Waals surface area contributed by atoms with E-state index < -0.39 is 17.2 Å². The molecule has 10 heteroatoms. The second kappa shape index (κ2) is 9.16. The molecule has 0 saturated carbocycles. The van der Waals surface area contributed by atoms with Gasteiger partial charge in [-0.25, -0.2) is 9.48 Å². The van der Waals surface area contributed by atoms with E-state index in [4.69, 9.17) is 5.73 Å². The first-order chi connectivity index (χ1) is 13.3. The number of carbonyl (C=O) groups excluding carboxylic acids is 1. The predicted molar refractivity (Wildman–Crippen MR) is 107 cm³/mol. The van der Waals surface area contributed by atoms with E-state index >= 15 is 0 Å². The first kappa shape index (κ1) is 21.1. The summed E-state index contributed by atoms with van der Waals surface area (Å²) in [5, 5.41) is 4.10. The zero-order chi connectivity index (χ0) is 20.8. The molecule has 0 atom stereocenters. The number of hydrogen-bond acceptors (Lipinski definition) is 6. The number of rotatable bonds is 8. The normalized spacial score (nSPS) is 10.8. The van der Waals surface area contributed by atoms with Crippen molar-refractivity contribution in [2.75, 3.05) is 17.2 Å². The standard InChI is InChI=1S/C18H26N6O4/c1-4-7-11-23-15(19)14(16(26)20-18(23)28)22(6-3)17(27)12-8-9-13(25)24(21-12)10-5-2/h8-9H,4-7,10-11,19H2,1-3H3,(H,20,26,28). The van der Waals surface area contributed by atoms with Crippen molar-refractivity contribution in [1.82, 2.24) is 19.3 Å². The van der Waals surface area contributed by atoms with Crippen LogP contribution in [-0.2, 0) is 13.1 Å². The topological polar surface area (TPSA) is 136 Å². The molecule has 0 spiro atoms. The van der Waals surface area contributed by atoms with Crippen molar-refractivity contribution in [3.05, 3.63) is 49.0 Å². The molecule has 0 unspecified atom stereocenters. The molecule has 152 valence electrons. The fourth-order valence-electron chi connectivity index (χ4n) is 2.85. The lowest BCUT2D eigenvalue weighted by Gasteiger charge is -2.23. The third-order valence-corrected chi connectivity index (χ3v) is 4.30. The summed E-state index contributed by atoms with van der Waals surface area (Å²) in [7, 11) is 0. The first-order valence-corrected chi connectivity index (χ1v) is 9.38. The summed E-state index contributed by atoms with van der Waals surface area (Å²) >= 11 is 0. The molecule has 2 heterocycles. The van der Waals surface area contributed by atoms with Crippen LogP contribution in [0.1, 0.15) is 50.5 Å². The Labute approximate surface area is 161 Å². The van der Waals surface area contributed by atoms with Crippen LogP contribution in [0.5, 0.6) is 0 Å². The molecule has 0 saturated heterocycles. The Kier molecular flexibility index (Phi) is 6.91. The van der Waals surface area contributed by atoms with E-state index in [1.165, 1.54) is 26.3 Å². The van der Waals surface area contributed by atoms with Gasteiger partial charge in [-0.05, 0) is 25.8 Å². The van der Waals surface area contributed by atoms with Crippen LogP contribution in [0.3, 0.4) is 0 Å². The van der Waals surface area contributed by atoms with E-state index in [1.54, 1.807) is 6.92 Å². The Hall–Kier alpha value is -3.17. The number of nitrogens with zero attached hydrogens (tertiary/aromatic N) is 4. The molecule has 2 aromatic heterocycles. The van der Waals surface area contributed by atoms with Crippen molar-refractivity contribution in [3.8, 4) is 0 Å². The Balaban J connectivity index is 2.55. The van der Waals surface area contributed by atoms with Gasteiger partial charge >= 0.3 is 5.69 Å². The molecular formula is C18H26N6O4. The number of anilines is 2. The van der Waals surface area contributed by atoms with Gasteiger partial charge in [0, 0.05) is 25.7 Å². The van der Waals surface area contributed by atoms with Crippen LogP contribution in [0, 0.1) is 0 Å². The number of aryl methyl sites for hydroxylation is 1. The van der Waals surface area contributed by atoms with Gasteiger partial charge in [0.05, 0.1) is 0 Å². The number of amides is 1. The minimum atomic E-state index is -0.743. The van der Waals surface area contributed by atoms with Crippen LogP contribution >= 0.6 is 0 Å². The monoisotopic (exact) mass is 390 g/mol. The Morgan fingerprint density at radius 2 is 1.86 bits per heavy atom. The summed E-state index contributed by atoms with van der Waals surface area (Å²) < 4.78 is 2.46. The fourth-order valence-corrected chi connectivity index (χ4v) is 2.85. The number of nitrogen functional groups attached to an aromatic ring is 1. The summed E-state index contributed by atoms with van der Waals surface area (Å²) in [5.74, 6) is -0.649. The van der Waals surface area contributed by atoms with Gasteiger partial charge in [0.2, 0.25) is 0 Å². The maximum atomic E-state index is 13.0. The van der Waals surface area contributed by atoms with Crippen molar-refractivity contribution in [2.24, 2.45) is 0 Å². The molecule has 3 N–H and O–H groups in total. The molecule has 2 aromatic rings. The maximum Gasteiger partial charge on any atom is 0.330 e. The van der Waals surface area contributed by atoms with Gasteiger partial charge in [-0.2, -0.15) is 5.10 Å². The molecule has 0 aliphatic rings. The smallest absolute Gasteiger partial charge is 0.330 e. The first-order valence-electron chi connectivity index (χ1n) is 9.38. The molecule has 1 amide bonds. The maximum absolute atomic E-state index is 13.0. The SMILES string of the molecule is CCCCn1c(N)c(N(CC)C(=O)c2ccc(=O)n(CCC)n2)c(=O)[nH]c1=O. The molecule has 10 nitrogen and oxygen atoms in total. The van der Waals surface area contributed by atoms with E-state index in [9.17, 15) is 19.2 Å². The van der Waals surface area contributed by atoms with Crippen LogP contribution in [0.25, 0.3) is 0 Å². The average molecular weight is 390 g/mol. The molecule has 0 aliphatic heterocycles. The van der Waals surface area contributed by atoms with E-state index in [-0.39, 0.29) is 29.3 Å². The van der Waals surface area contributed by atoms with Crippen molar-refractivity contribution in [2.45, 2.75) is 53.1 Å².